The highest BCUT2D eigenvalue weighted by Gasteiger charge is 2.43. The van der Waals surface area contributed by atoms with Crippen molar-refractivity contribution in [3.63, 3.8) is 0 Å². The normalized spacial score (nSPS) is 18.0. The summed E-state index contributed by atoms with van der Waals surface area (Å²) in [5, 5.41) is 25.8. The number of nitrogens with one attached hydrogen (secondary N) is 1. The largest absolute Gasteiger partial charge is 0.475 e. The molecule has 0 saturated carbocycles. The number of aryl methyl sites for hydroxylation is 1. The molecule has 3 atom stereocenters. The molecular formula is C29H36F2N4O6S. The molecule has 1 aliphatic rings. The predicted octanol–water partition coefficient (Wildman–Crippen LogP) is 3.91. The minimum atomic E-state index is -3.08. The fourth-order valence-electron chi connectivity index (χ4n) is 4.96. The number of hydrogen-bond donors (Lipinski definition) is 3. The van der Waals surface area contributed by atoms with Crippen molar-refractivity contribution in [3.05, 3.63) is 52.9 Å². The average molecular weight is 607 g/mol. The van der Waals surface area contributed by atoms with Gasteiger partial charge >= 0.3 is 0 Å². The number of nitrogens with zero attached hydrogens (tertiary/aromatic N) is 3. The third-order valence-corrected chi connectivity index (χ3v) is 8.21. The van der Waals surface area contributed by atoms with Gasteiger partial charge in [0.15, 0.2) is 5.76 Å². The quantitative estimate of drug-likeness (QED) is 0.266. The molecule has 42 heavy (non-hydrogen) atoms. The van der Waals surface area contributed by atoms with Gasteiger partial charge in [0.05, 0.1) is 28.8 Å². The van der Waals surface area contributed by atoms with E-state index in [-0.39, 0.29) is 49.6 Å². The number of amides is 2. The molecule has 3 N–H and O–H groups in total. The number of halogens is 2. The molecule has 1 saturated heterocycles. The molecule has 1 unspecified atom stereocenters. The Morgan fingerprint density at radius 1 is 1.26 bits per heavy atom. The molecule has 0 radical (unpaired) electrons. The van der Waals surface area contributed by atoms with Crippen LogP contribution in [0.1, 0.15) is 56.0 Å². The molecule has 10 nitrogen and oxygen atoms in total. The highest BCUT2D eigenvalue weighted by molar-refractivity contribution is 7.13. The summed E-state index contributed by atoms with van der Waals surface area (Å²) in [6.45, 7) is 4.82. The van der Waals surface area contributed by atoms with Gasteiger partial charge in [-0.3, -0.25) is 9.59 Å². The molecule has 1 aliphatic heterocycles. The number of aliphatic hydroxyl groups is 2. The molecule has 13 heteroatoms. The number of carbonyl (C=O) groups excluding carboxylic acids is 2. The molecule has 0 spiro atoms. The second-order valence-electron chi connectivity index (χ2n) is 10.8. The second-order valence-corrected chi connectivity index (χ2v) is 11.6. The summed E-state index contributed by atoms with van der Waals surface area (Å²) in [7, 11) is 0. The van der Waals surface area contributed by atoms with E-state index in [2.05, 4.69) is 15.5 Å². The lowest BCUT2D eigenvalue weighted by atomic mass is 9.91. The van der Waals surface area contributed by atoms with Gasteiger partial charge in [0.25, 0.3) is 11.8 Å². The molecule has 1 fully saturated rings. The Labute approximate surface area is 246 Å². The van der Waals surface area contributed by atoms with Crippen molar-refractivity contribution in [3.8, 4) is 16.3 Å². The van der Waals surface area contributed by atoms with Gasteiger partial charge in [-0.25, -0.2) is 13.8 Å². The zero-order chi connectivity index (χ0) is 30.4. The predicted molar refractivity (Wildman–Crippen MR) is 151 cm³/mol. The monoisotopic (exact) mass is 606 g/mol. The number of benzene rings is 1. The standard InChI is InChI=1S/C29H36F2N4O6S/c1-17(2)25(23-13-24(34-41-23)40-11-9-29(30,31)8-10-36)28(39)35-15-21(37)12-22(35)27(38)32-14-19-4-6-20(7-5-19)26-18(3)33-16-42-26/h4-7,13,16-17,21-22,25,36-37H,8-12,14-15H2,1-3H3,(H,32,38)/t21-,22+,25?/m1/s1. The molecule has 3 heterocycles. The Kier molecular flexibility index (Phi) is 10.3. The summed E-state index contributed by atoms with van der Waals surface area (Å²) in [6.07, 6.45) is -2.05. The maximum Gasteiger partial charge on any atom is 0.254 e. The van der Waals surface area contributed by atoms with Crippen LogP contribution in [0, 0.1) is 12.8 Å². The summed E-state index contributed by atoms with van der Waals surface area (Å²) in [5.41, 5.74) is 4.68. The molecule has 2 amide bonds. The minimum absolute atomic E-state index is 0.0134. The van der Waals surface area contributed by atoms with E-state index >= 15 is 0 Å². The number of carbonyl (C=O) groups is 2. The lowest BCUT2D eigenvalue weighted by molar-refractivity contribution is -0.141. The van der Waals surface area contributed by atoms with Gasteiger partial charge in [0.2, 0.25) is 11.8 Å². The molecule has 1 aromatic carbocycles. The number of aromatic nitrogens is 2. The number of aliphatic hydroxyl groups excluding tert-OH is 2. The average Bonchev–Trinajstić information content (AvgIpc) is 3.67. The van der Waals surface area contributed by atoms with Crippen LogP contribution in [0.15, 0.2) is 40.4 Å². The first-order chi connectivity index (χ1) is 20.0. The summed E-state index contributed by atoms with van der Waals surface area (Å²) >= 11 is 1.56. The molecule has 4 rings (SSSR count). The van der Waals surface area contributed by atoms with Gasteiger partial charge in [-0.15, -0.1) is 11.3 Å². The van der Waals surface area contributed by atoms with Crippen LogP contribution in [0.25, 0.3) is 10.4 Å². The van der Waals surface area contributed by atoms with Crippen LogP contribution in [0.5, 0.6) is 5.88 Å². The Bertz CT molecular complexity index is 1350. The molecule has 2 aromatic heterocycles. The van der Waals surface area contributed by atoms with Gasteiger partial charge in [-0.2, -0.15) is 0 Å². The molecule has 0 bridgehead atoms. The highest BCUT2D eigenvalue weighted by Crippen LogP contribution is 2.33. The maximum atomic E-state index is 13.7. The van der Waals surface area contributed by atoms with Crippen LogP contribution >= 0.6 is 11.3 Å². The Morgan fingerprint density at radius 3 is 2.64 bits per heavy atom. The summed E-state index contributed by atoms with van der Waals surface area (Å²) in [4.78, 5) is 33.6. The van der Waals surface area contributed by atoms with Crippen molar-refractivity contribution in [1.82, 2.24) is 20.4 Å². The van der Waals surface area contributed by atoms with Gasteiger partial charge in [0.1, 0.15) is 12.0 Å². The van der Waals surface area contributed by atoms with Gasteiger partial charge < -0.3 is 29.7 Å². The van der Waals surface area contributed by atoms with Gasteiger partial charge in [0, 0.05) is 45.0 Å². The third-order valence-electron chi connectivity index (χ3n) is 7.23. The zero-order valence-electron chi connectivity index (χ0n) is 23.8. The Balaban J connectivity index is 1.38. The van der Waals surface area contributed by atoms with Crippen molar-refractivity contribution in [2.24, 2.45) is 5.92 Å². The van der Waals surface area contributed by atoms with Crippen LogP contribution in [-0.4, -0.2) is 74.9 Å². The van der Waals surface area contributed by atoms with Crippen molar-refractivity contribution in [1.29, 1.82) is 0 Å². The lowest BCUT2D eigenvalue weighted by Crippen LogP contribution is -2.48. The first kappa shape index (κ1) is 31.5. The van der Waals surface area contributed by atoms with Crippen LogP contribution in [0.2, 0.25) is 0 Å². The smallest absolute Gasteiger partial charge is 0.254 e. The van der Waals surface area contributed by atoms with Gasteiger partial charge in [-0.05, 0) is 29.1 Å². The van der Waals surface area contributed by atoms with Crippen LogP contribution in [0.3, 0.4) is 0 Å². The van der Waals surface area contributed by atoms with E-state index in [1.165, 1.54) is 11.0 Å². The van der Waals surface area contributed by atoms with Gasteiger partial charge in [-0.1, -0.05) is 38.1 Å². The number of ether oxygens (including phenoxy) is 1. The molecule has 228 valence electrons. The van der Waals surface area contributed by atoms with E-state index in [9.17, 15) is 23.5 Å². The number of thiazole rings is 1. The van der Waals surface area contributed by atoms with Crippen LogP contribution in [-0.2, 0) is 16.1 Å². The van der Waals surface area contributed by atoms with Crippen LogP contribution in [0.4, 0.5) is 8.78 Å². The highest BCUT2D eigenvalue weighted by atomic mass is 32.1. The SMILES string of the molecule is Cc1ncsc1-c1ccc(CNC(=O)[C@@H]2C[C@@H](O)CN2C(=O)C(c2cc(OCCC(F)(F)CCO)no2)C(C)C)cc1. The Morgan fingerprint density at radius 2 is 2.00 bits per heavy atom. The second kappa shape index (κ2) is 13.7. The number of likely N-dealkylation sites (tertiary alicyclic amines) is 1. The molecule has 3 aromatic rings. The third kappa shape index (κ3) is 7.69. The Hall–Kier alpha value is -3.42. The van der Waals surface area contributed by atoms with Crippen molar-refractivity contribution >= 4 is 23.2 Å². The van der Waals surface area contributed by atoms with E-state index in [4.69, 9.17) is 14.4 Å². The number of alkyl halides is 2. The first-order valence-corrected chi connectivity index (χ1v) is 14.7. The van der Waals surface area contributed by atoms with E-state index in [0.29, 0.717) is 0 Å². The van der Waals surface area contributed by atoms with Crippen molar-refractivity contribution in [2.45, 2.75) is 70.6 Å². The number of β-amino-alcohol motifs (C(OH)–C–C–N with tert-alkyl or cyclic N) is 1. The summed E-state index contributed by atoms with van der Waals surface area (Å²) in [5.74, 6) is -4.85. The fraction of sp³-hybridized carbons (Fsp3) is 0.517. The number of rotatable bonds is 13. The first-order valence-electron chi connectivity index (χ1n) is 13.8. The summed E-state index contributed by atoms with van der Waals surface area (Å²) < 4.78 is 37.9. The zero-order valence-corrected chi connectivity index (χ0v) is 24.6. The van der Waals surface area contributed by atoms with E-state index < -0.39 is 49.3 Å². The lowest BCUT2D eigenvalue weighted by Gasteiger charge is -2.28. The van der Waals surface area contributed by atoms with E-state index in [1.54, 1.807) is 30.7 Å². The van der Waals surface area contributed by atoms with Crippen molar-refractivity contribution in [2.75, 3.05) is 19.8 Å². The summed E-state index contributed by atoms with van der Waals surface area (Å²) in [6, 6.07) is 8.30. The fourth-order valence-corrected chi connectivity index (χ4v) is 5.77. The maximum absolute atomic E-state index is 13.7. The molecular weight excluding hydrogens is 570 g/mol. The van der Waals surface area contributed by atoms with Crippen LogP contribution < -0.4 is 10.1 Å². The van der Waals surface area contributed by atoms with Crippen molar-refractivity contribution < 1.29 is 37.8 Å². The minimum Gasteiger partial charge on any atom is -0.475 e. The number of hydrogen-bond acceptors (Lipinski definition) is 9. The molecule has 0 aliphatic carbocycles. The topological polar surface area (TPSA) is 138 Å². The van der Waals surface area contributed by atoms with E-state index in [0.717, 1.165) is 21.7 Å². The van der Waals surface area contributed by atoms with E-state index in [1.807, 2.05) is 31.2 Å².